The zero-order valence-electron chi connectivity index (χ0n) is 15.2. The highest BCUT2D eigenvalue weighted by molar-refractivity contribution is 5.85. The number of nitrogens with one attached hydrogen (secondary N) is 1. The molecule has 2 amide bonds. The van der Waals surface area contributed by atoms with Crippen LogP contribution in [0.2, 0.25) is 0 Å². The summed E-state index contributed by atoms with van der Waals surface area (Å²) in [6.45, 7) is 9.66. The molecule has 1 aliphatic heterocycles. The Morgan fingerprint density at radius 1 is 1.33 bits per heavy atom. The van der Waals surface area contributed by atoms with Crippen LogP contribution in [0, 0.1) is 17.8 Å². The summed E-state index contributed by atoms with van der Waals surface area (Å²) in [7, 11) is 0. The van der Waals surface area contributed by atoms with Gasteiger partial charge in [-0.1, -0.05) is 33.8 Å². The van der Waals surface area contributed by atoms with Crippen molar-refractivity contribution in [3.8, 4) is 0 Å². The summed E-state index contributed by atoms with van der Waals surface area (Å²) < 4.78 is 0. The molecule has 0 spiro atoms. The molecule has 0 saturated carbocycles. The molecule has 5 nitrogen and oxygen atoms in total. The molecule has 0 radical (unpaired) electrons. The molecule has 1 aliphatic rings. The van der Waals surface area contributed by atoms with Crippen molar-refractivity contribution in [3.63, 3.8) is 0 Å². The molecule has 0 aromatic carbocycles. The summed E-state index contributed by atoms with van der Waals surface area (Å²) in [4.78, 5) is 31.4. The zero-order chi connectivity index (χ0) is 17.7. The largest absolute Gasteiger partial charge is 0.356 e. The standard InChI is InChI=1S/C19H29N3O2/c1-13(2)10-21-19(24)16-7-8-17(23)22(12-14(3)4)18(16)15-6-5-9-20-11-15/h5-6,9,11,13-14,16,18H,7-8,10,12H2,1-4H3,(H,21,24)/t16-,18+/m1/s1. The molecule has 132 valence electrons. The number of amides is 2. The molecule has 2 rings (SSSR count). The van der Waals surface area contributed by atoms with E-state index < -0.39 is 0 Å². The second kappa shape index (κ2) is 8.27. The number of carbonyl (C=O) groups is 2. The van der Waals surface area contributed by atoms with Crippen molar-refractivity contribution in [2.45, 2.75) is 46.6 Å². The minimum atomic E-state index is -0.227. The van der Waals surface area contributed by atoms with Gasteiger partial charge in [0.1, 0.15) is 0 Å². The fourth-order valence-corrected chi connectivity index (χ4v) is 3.24. The third-order valence-electron chi connectivity index (χ3n) is 4.32. The van der Waals surface area contributed by atoms with E-state index in [1.54, 1.807) is 12.4 Å². The highest BCUT2D eigenvalue weighted by atomic mass is 16.2. The summed E-state index contributed by atoms with van der Waals surface area (Å²) in [6.07, 6.45) is 4.52. The predicted molar refractivity (Wildman–Crippen MR) is 94.1 cm³/mol. The molecule has 1 saturated heterocycles. The molecule has 2 atom stereocenters. The predicted octanol–water partition coefficient (Wildman–Crippen LogP) is 2.79. The number of rotatable bonds is 6. The minimum Gasteiger partial charge on any atom is -0.356 e. The van der Waals surface area contributed by atoms with E-state index in [4.69, 9.17) is 0 Å². The van der Waals surface area contributed by atoms with Gasteiger partial charge in [0, 0.05) is 31.9 Å². The van der Waals surface area contributed by atoms with Crippen LogP contribution < -0.4 is 5.32 Å². The summed E-state index contributed by atoms with van der Waals surface area (Å²) in [5, 5.41) is 3.04. The van der Waals surface area contributed by atoms with E-state index in [-0.39, 0.29) is 23.8 Å². The Bertz CT molecular complexity index is 557. The molecule has 0 bridgehead atoms. The lowest BCUT2D eigenvalue weighted by Crippen LogP contribution is -2.49. The maximum atomic E-state index is 12.8. The molecule has 1 aromatic heterocycles. The van der Waals surface area contributed by atoms with Gasteiger partial charge in [0.25, 0.3) is 0 Å². The van der Waals surface area contributed by atoms with Crippen molar-refractivity contribution in [3.05, 3.63) is 30.1 Å². The number of hydrogen-bond acceptors (Lipinski definition) is 3. The number of nitrogens with zero attached hydrogens (tertiary/aromatic N) is 2. The van der Waals surface area contributed by atoms with E-state index in [9.17, 15) is 9.59 Å². The number of aromatic nitrogens is 1. The van der Waals surface area contributed by atoms with Crippen LogP contribution in [0.25, 0.3) is 0 Å². The Balaban J connectivity index is 2.30. The van der Waals surface area contributed by atoms with Gasteiger partial charge < -0.3 is 10.2 Å². The molecule has 1 aromatic rings. The molecule has 24 heavy (non-hydrogen) atoms. The lowest BCUT2D eigenvalue weighted by atomic mass is 9.83. The SMILES string of the molecule is CC(C)CNC(=O)[C@@H]1CCC(=O)N(CC(C)C)[C@H]1c1cccnc1. The van der Waals surface area contributed by atoms with Gasteiger partial charge in [-0.3, -0.25) is 14.6 Å². The summed E-state index contributed by atoms with van der Waals surface area (Å²) in [6, 6.07) is 3.60. The van der Waals surface area contributed by atoms with Crippen LogP contribution >= 0.6 is 0 Å². The molecule has 0 aliphatic carbocycles. The molecular formula is C19H29N3O2. The maximum Gasteiger partial charge on any atom is 0.225 e. The van der Waals surface area contributed by atoms with Crippen molar-refractivity contribution in [1.29, 1.82) is 0 Å². The second-order valence-electron chi connectivity index (χ2n) is 7.46. The van der Waals surface area contributed by atoms with Gasteiger partial charge in [0.05, 0.1) is 12.0 Å². The Hall–Kier alpha value is -1.91. The summed E-state index contributed by atoms with van der Waals surface area (Å²) >= 11 is 0. The Morgan fingerprint density at radius 2 is 2.08 bits per heavy atom. The number of piperidine rings is 1. The summed E-state index contributed by atoms with van der Waals surface area (Å²) in [5.74, 6) is 0.710. The molecule has 0 unspecified atom stereocenters. The van der Waals surface area contributed by atoms with Gasteiger partial charge in [-0.15, -0.1) is 0 Å². The number of carbonyl (C=O) groups excluding carboxylic acids is 2. The topological polar surface area (TPSA) is 62.3 Å². The minimum absolute atomic E-state index is 0.0406. The van der Waals surface area contributed by atoms with Crippen LogP contribution in [0.3, 0.4) is 0 Å². The first-order valence-electron chi connectivity index (χ1n) is 8.87. The van der Waals surface area contributed by atoms with Gasteiger partial charge in [-0.25, -0.2) is 0 Å². The third-order valence-corrected chi connectivity index (χ3v) is 4.32. The fraction of sp³-hybridized carbons (Fsp3) is 0.632. The van der Waals surface area contributed by atoms with Crippen molar-refractivity contribution in [1.82, 2.24) is 15.2 Å². The van der Waals surface area contributed by atoms with Crippen molar-refractivity contribution in [2.24, 2.45) is 17.8 Å². The molecule has 5 heteroatoms. The first-order chi connectivity index (χ1) is 11.4. The average molecular weight is 331 g/mol. The van der Waals surface area contributed by atoms with Gasteiger partial charge in [-0.05, 0) is 29.9 Å². The maximum absolute atomic E-state index is 12.8. The Morgan fingerprint density at radius 3 is 2.67 bits per heavy atom. The van der Waals surface area contributed by atoms with Gasteiger partial charge in [0.2, 0.25) is 11.8 Å². The van der Waals surface area contributed by atoms with Crippen LogP contribution in [0.1, 0.15) is 52.1 Å². The smallest absolute Gasteiger partial charge is 0.225 e. The Labute approximate surface area is 144 Å². The summed E-state index contributed by atoms with van der Waals surface area (Å²) in [5.41, 5.74) is 0.941. The van der Waals surface area contributed by atoms with E-state index in [0.717, 1.165) is 5.56 Å². The molecule has 1 N–H and O–H groups in total. The number of pyridine rings is 1. The molecule has 1 fully saturated rings. The highest BCUT2D eigenvalue weighted by Crippen LogP contribution is 2.37. The Kier molecular flexibility index (Phi) is 6.35. The first kappa shape index (κ1) is 18.4. The van der Waals surface area contributed by atoms with Gasteiger partial charge >= 0.3 is 0 Å². The van der Waals surface area contributed by atoms with E-state index in [1.165, 1.54) is 0 Å². The average Bonchev–Trinajstić information content (AvgIpc) is 2.54. The molecule has 2 heterocycles. The van der Waals surface area contributed by atoms with Crippen molar-refractivity contribution in [2.75, 3.05) is 13.1 Å². The van der Waals surface area contributed by atoms with Crippen LogP contribution in [0.15, 0.2) is 24.5 Å². The highest BCUT2D eigenvalue weighted by Gasteiger charge is 2.40. The van der Waals surface area contributed by atoms with Crippen molar-refractivity contribution < 1.29 is 9.59 Å². The van der Waals surface area contributed by atoms with Crippen LogP contribution in [-0.4, -0.2) is 34.8 Å². The normalized spacial score (nSPS) is 21.4. The van der Waals surface area contributed by atoms with E-state index >= 15 is 0 Å². The lowest BCUT2D eigenvalue weighted by Gasteiger charge is -2.41. The second-order valence-corrected chi connectivity index (χ2v) is 7.46. The third kappa shape index (κ3) is 4.56. The lowest BCUT2D eigenvalue weighted by molar-refractivity contribution is -0.144. The van der Waals surface area contributed by atoms with E-state index in [0.29, 0.717) is 37.8 Å². The quantitative estimate of drug-likeness (QED) is 0.872. The van der Waals surface area contributed by atoms with E-state index in [2.05, 4.69) is 38.0 Å². The number of likely N-dealkylation sites (tertiary alicyclic amines) is 1. The van der Waals surface area contributed by atoms with Crippen LogP contribution in [0.4, 0.5) is 0 Å². The van der Waals surface area contributed by atoms with Crippen LogP contribution in [-0.2, 0) is 9.59 Å². The zero-order valence-corrected chi connectivity index (χ0v) is 15.2. The van der Waals surface area contributed by atoms with Gasteiger partial charge in [0.15, 0.2) is 0 Å². The number of hydrogen-bond donors (Lipinski definition) is 1. The van der Waals surface area contributed by atoms with Crippen molar-refractivity contribution >= 4 is 11.8 Å². The van der Waals surface area contributed by atoms with Gasteiger partial charge in [-0.2, -0.15) is 0 Å². The fourth-order valence-electron chi connectivity index (χ4n) is 3.24. The van der Waals surface area contributed by atoms with Crippen LogP contribution in [0.5, 0.6) is 0 Å². The monoisotopic (exact) mass is 331 g/mol. The first-order valence-corrected chi connectivity index (χ1v) is 8.87. The van der Waals surface area contributed by atoms with E-state index in [1.807, 2.05) is 17.0 Å². The molecular weight excluding hydrogens is 302 g/mol.